The predicted octanol–water partition coefficient (Wildman–Crippen LogP) is 20.1. The van der Waals surface area contributed by atoms with Crippen molar-refractivity contribution in [1.82, 2.24) is 0 Å². The summed E-state index contributed by atoms with van der Waals surface area (Å²) in [6, 6.07) is 61.8. The van der Waals surface area contributed by atoms with E-state index in [0.717, 1.165) is 12.8 Å². The van der Waals surface area contributed by atoms with Crippen molar-refractivity contribution in [2.75, 3.05) is 0 Å². The molecule has 0 fully saturated rings. The monoisotopic (exact) mass is 1390 g/mol. The van der Waals surface area contributed by atoms with E-state index in [1.807, 2.05) is 12.1 Å². The first kappa shape index (κ1) is 70.6. The molecule has 0 saturated heterocycles. The Morgan fingerprint density at radius 3 is 1.12 bits per heavy atom. The summed E-state index contributed by atoms with van der Waals surface area (Å²) in [6.45, 7) is 37.9. The molecule has 0 bridgehead atoms. The number of benzene rings is 8. The van der Waals surface area contributed by atoms with Crippen LogP contribution in [-0.4, -0.2) is 64.9 Å². The van der Waals surface area contributed by atoms with E-state index in [-0.39, 0.29) is 0 Å². The van der Waals surface area contributed by atoms with Crippen molar-refractivity contribution in [3.05, 3.63) is 267 Å². The SMILES string of the molecule is Brc1cccc2c1C=CC2.C[Si](C)(C)c1ccc(-c2cccc3c2C=CC3)cc1.C[Si](C)(C)c1ccc(-c2cccc3c2C=CC3[Si](C)(C)C2C=CC=C2)cc1.C[Si](C)(C)c1ccc(-c2cccc3c2C=CC3[Si](C)(C)Cl)cc1.C[Si](C)(C)c1ccc(B(O)O)cc1. The first-order valence-electron chi connectivity index (χ1n) is 33.0. The van der Waals surface area contributed by atoms with Gasteiger partial charge in [-0.2, -0.15) is 11.1 Å². The maximum Gasteiger partial charge on any atom is 0.488 e. The lowest BCUT2D eigenvalue weighted by atomic mass is 9.81. The van der Waals surface area contributed by atoms with Gasteiger partial charge in [0.15, 0.2) is 7.38 Å². The van der Waals surface area contributed by atoms with E-state index in [1.54, 1.807) is 12.1 Å². The molecule has 8 aromatic carbocycles. The molecule has 0 aliphatic heterocycles. The van der Waals surface area contributed by atoms with E-state index in [1.165, 1.54) is 103 Å². The zero-order chi connectivity index (χ0) is 66.6. The molecular formula is C81H97BBrClO2Si6. The van der Waals surface area contributed by atoms with Gasteiger partial charge in [-0.05, 0) is 113 Å². The Bertz CT molecular complexity index is 4060. The number of rotatable bonds is 11. The number of hydrogen-bond donors (Lipinski definition) is 2. The van der Waals surface area contributed by atoms with Gasteiger partial charge in [0.25, 0.3) is 0 Å². The number of allylic oxidation sites excluding steroid dienone is 8. The van der Waals surface area contributed by atoms with Crippen LogP contribution in [-0.2, 0) is 12.8 Å². The molecule has 2 atom stereocenters. The minimum atomic E-state index is -1.74. The highest BCUT2D eigenvalue weighted by Crippen LogP contribution is 2.47. The molecule has 0 heterocycles. The average molecular weight is 1400 g/mol. The maximum absolute atomic E-state index is 8.88. The molecule has 0 spiro atoms. The summed E-state index contributed by atoms with van der Waals surface area (Å²) >= 11 is 10.2. The van der Waals surface area contributed by atoms with Crippen molar-refractivity contribution in [2.24, 2.45) is 0 Å². The maximum atomic E-state index is 8.88. The van der Waals surface area contributed by atoms with Crippen LogP contribution in [0.1, 0.15) is 55.6 Å². The molecule has 8 aromatic rings. The van der Waals surface area contributed by atoms with Gasteiger partial charge >= 0.3 is 7.12 Å². The van der Waals surface area contributed by atoms with E-state index < -0.39 is 54.9 Å². The molecule has 0 aromatic heterocycles. The van der Waals surface area contributed by atoms with Gasteiger partial charge in [-0.15, -0.1) is 0 Å². The normalized spacial score (nSPS) is 15.9. The van der Waals surface area contributed by atoms with Gasteiger partial charge in [0.1, 0.15) is 0 Å². The summed E-state index contributed by atoms with van der Waals surface area (Å²) in [5, 5.41) is 23.7. The topological polar surface area (TPSA) is 40.5 Å². The highest BCUT2D eigenvalue weighted by molar-refractivity contribution is 9.10. The Balaban J connectivity index is 0.000000141. The summed E-state index contributed by atoms with van der Waals surface area (Å²) in [4.78, 5) is 0. The fraction of sp³-hybridized carbons (Fsp3) is 0.259. The molecule has 0 saturated carbocycles. The molecule has 474 valence electrons. The van der Waals surface area contributed by atoms with Crippen molar-refractivity contribution in [3.8, 4) is 33.4 Å². The third-order valence-corrected chi connectivity index (χ3v) is 34.7. The fourth-order valence-corrected chi connectivity index (χ4v) is 23.6. The van der Waals surface area contributed by atoms with Crippen molar-refractivity contribution in [2.45, 2.75) is 134 Å². The summed E-state index contributed by atoms with van der Waals surface area (Å²) < 4.78 is 1.21. The molecule has 13 rings (SSSR count). The lowest BCUT2D eigenvalue weighted by Gasteiger charge is -2.33. The molecule has 5 aliphatic rings. The molecule has 2 nitrogen and oxygen atoms in total. The third kappa shape index (κ3) is 17.0. The highest BCUT2D eigenvalue weighted by Gasteiger charge is 2.40. The molecule has 0 radical (unpaired) electrons. The van der Waals surface area contributed by atoms with Gasteiger partial charge < -0.3 is 10.0 Å². The predicted molar refractivity (Wildman–Crippen MR) is 430 cm³/mol. The van der Waals surface area contributed by atoms with Crippen LogP contribution in [0.25, 0.3) is 57.7 Å². The summed E-state index contributed by atoms with van der Waals surface area (Å²) in [5.74, 6) is 0. The van der Waals surface area contributed by atoms with E-state index in [0.29, 0.717) is 22.1 Å². The van der Waals surface area contributed by atoms with Gasteiger partial charge in [0, 0.05) is 10.0 Å². The second-order valence-corrected chi connectivity index (χ2v) is 63.4. The van der Waals surface area contributed by atoms with Gasteiger partial charge in [0.05, 0.1) is 40.4 Å². The van der Waals surface area contributed by atoms with Crippen molar-refractivity contribution in [3.63, 3.8) is 0 Å². The second-order valence-electron chi connectivity index (χ2n) is 30.6. The van der Waals surface area contributed by atoms with Crippen molar-refractivity contribution in [1.29, 1.82) is 0 Å². The highest BCUT2D eigenvalue weighted by atomic mass is 79.9. The Morgan fingerprint density at radius 2 is 0.728 bits per heavy atom. The quantitative estimate of drug-likeness (QED) is 0.100. The van der Waals surface area contributed by atoms with E-state index in [4.69, 9.17) is 21.1 Å². The molecule has 2 N–H and O–H groups in total. The zero-order valence-corrected chi connectivity index (χ0v) is 65.8. The molecule has 5 aliphatic carbocycles. The minimum absolute atomic E-state index is 0.417. The van der Waals surface area contributed by atoms with E-state index in [2.05, 4.69) is 339 Å². The van der Waals surface area contributed by atoms with Crippen LogP contribution in [0.5, 0.6) is 0 Å². The van der Waals surface area contributed by atoms with Crippen molar-refractivity contribution < 1.29 is 10.0 Å². The summed E-state index contributed by atoms with van der Waals surface area (Å²) in [7, 11) is -9.53. The molecule has 92 heavy (non-hydrogen) atoms. The first-order chi connectivity index (χ1) is 43.3. The second kappa shape index (κ2) is 29.1. The van der Waals surface area contributed by atoms with Crippen LogP contribution in [0.3, 0.4) is 0 Å². The standard InChI is InChI=1S/C25H30Si2.C20H25ClSi2.C18H20Si.C9H15BO2Si.C9H7Br/c1-26(2,3)20-15-13-19(14-16-20)22-11-8-12-24-23(22)17-18-25(24)27(4,5)21-9-6-7-10-21;1-22(2,3)16-11-9-15(10-12-16)17-7-6-8-19-18(17)13-14-20(19)23(4,5)21;1-19(2,3)16-12-10-15(11-13-16)18-9-5-7-14-6-4-8-17(14)18;1-13(2,3)9-6-4-8(5-7-9)10(11)12;10-9-6-2-4-7-3-1-5-8(7)9/h6-18,21,25H,1-5H3;6-14,20H,1-5H3;4-5,7-13H,6H2,1-3H3;4-7,11-12H,1-3H3;1-2,4-6H,3H2. The molecule has 2 unspecified atom stereocenters. The first-order valence-corrected chi connectivity index (χ1v) is 55.0. The Hall–Kier alpha value is -5.74. The third-order valence-electron chi connectivity index (χ3n) is 18.9. The van der Waals surface area contributed by atoms with Gasteiger partial charge in [-0.25, -0.2) is 0 Å². The summed E-state index contributed by atoms with van der Waals surface area (Å²) in [5.41, 5.74) is 21.7. The zero-order valence-electron chi connectivity index (χ0n) is 57.5. The molecular weight excluding hydrogens is 1300 g/mol. The number of halogens is 2. The fourth-order valence-electron chi connectivity index (χ4n) is 13.0. The summed E-state index contributed by atoms with van der Waals surface area (Å²) in [6.07, 6.45) is 29.7. The lowest BCUT2D eigenvalue weighted by Crippen LogP contribution is -2.39. The van der Waals surface area contributed by atoms with Gasteiger partial charge in [-0.3, -0.25) is 0 Å². The smallest absolute Gasteiger partial charge is 0.423 e. The average Bonchev–Trinajstić information content (AvgIpc) is 1.60. The molecule has 0 amide bonds. The van der Waals surface area contributed by atoms with Crippen LogP contribution in [0.4, 0.5) is 0 Å². The Labute approximate surface area is 572 Å². The Kier molecular flexibility index (Phi) is 22.3. The van der Waals surface area contributed by atoms with Crippen LogP contribution >= 0.6 is 27.0 Å². The van der Waals surface area contributed by atoms with E-state index in [9.17, 15) is 0 Å². The van der Waals surface area contributed by atoms with Crippen molar-refractivity contribution >= 4 is 132 Å². The largest absolute Gasteiger partial charge is 0.488 e. The van der Waals surface area contributed by atoms with Crippen LogP contribution in [0.15, 0.2) is 223 Å². The van der Waals surface area contributed by atoms with E-state index >= 15 is 0 Å². The minimum Gasteiger partial charge on any atom is -0.423 e. The van der Waals surface area contributed by atoms with Gasteiger partial charge in [-0.1, -0.05) is 378 Å². The number of fused-ring (bicyclic) bond motifs is 4. The van der Waals surface area contributed by atoms with Crippen LogP contribution in [0.2, 0.25) is 110 Å². The van der Waals surface area contributed by atoms with Crippen LogP contribution in [0, 0.1) is 0 Å². The van der Waals surface area contributed by atoms with Crippen LogP contribution < -0.4 is 26.2 Å². The Morgan fingerprint density at radius 1 is 0.380 bits per heavy atom. The lowest BCUT2D eigenvalue weighted by molar-refractivity contribution is 0.426. The number of hydrogen-bond acceptors (Lipinski definition) is 2. The van der Waals surface area contributed by atoms with Gasteiger partial charge in [0.2, 0.25) is 0 Å². The molecule has 11 heteroatoms.